The maximum Gasteiger partial charge on any atom is 0.253 e. The molecule has 0 aliphatic carbocycles. The average Bonchev–Trinajstić information content (AvgIpc) is 2.62. The lowest BCUT2D eigenvalue weighted by molar-refractivity contribution is -0.145. The minimum absolute atomic E-state index is 0.0396. The summed E-state index contributed by atoms with van der Waals surface area (Å²) in [6.07, 6.45) is -0.381. The number of carbonyl (C=O) groups excluding carboxylic acids is 1. The van der Waals surface area contributed by atoms with E-state index in [1.54, 1.807) is 6.07 Å². The number of morpholine rings is 1. The first-order chi connectivity index (χ1) is 11.2. The number of methoxy groups -OCH3 is 1. The number of hydrogen-bond donors (Lipinski definition) is 1. The van der Waals surface area contributed by atoms with Crippen LogP contribution >= 0.6 is 0 Å². The maximum atomic E-state index is 13.8. The number of carbonyl (C=O) groups is 1. The van der Waals surface area contributed by atoms with Crippen LogP contribution in [0.15, 0.2) is 18.2 Å². The van der Waals surface area contributed by atoms with Crippen molar-refractivity contribution in [2.75, 3.05) is 57.9 Å². The highest BCUT2D eigenvalue weighted by Crippen LogP contribution is 2.24. The molecule has 2 aliphatic rings. The van der Waals surface area contributed by atoms with E-state index in [0.29, 0.717) is 39.3 Å². The molecule has 2 fully saturated rings. The molecule has 1 amide bonds. The largest absolute Gasteiger partial charge is 0.494 e. The van der Waals surface area contributed by atoms with Crippen molar-refractivity contribution in [1.82, 2.24) is 10.2 Å². The predicted octanol–water partition coefficient (Wildman–Crippen LogP) is 0.471. The molecule has 23 heavy (non-hydrogen) atoms. The van der Waals surface area contributed by atoms with E-state index >= 15 is 0 Å². The summed E-state index contributed by atoms with van der Waals surface area (Å²) in [7, 11) is 1.45. The van der Waals surface area contributed by atoms with E-state index in [4.69, 9.17) is 9.47 Å². The molecule has 2 aliphatic heterocycles. The van der Waals surface area contributed by atoms with Crippen LogP contribution in [-0.4, -0.2) is 69.9 Å². The van der Waals surface area contributed by atoms with Crippen molar-refractivity contribution in [3.05, 3.63) is 24.0 Å². The number of benzene rings is 1. The van der Waals surface area contributed by atoms with Crippen molar-refractivity contribution in [3.8, 4) is 5.75 Å². The van der Waals surface area contributed by atoms with Gasteiger partial charge in [-0.3, -0.25) is 4.79 Å². The first-order valence-electron chi connectivity index (χ1n) is 7.88. The zero-order valence-electron chi connectivity index (χ0n) is 13.3. The van der Waals surface area contributed by atoms with Gasteiger partial charge < -0.3 is 24.6 Å². The van der Waals surface area contributed by atoms with Crippen molar-refractivity contribution < 1.29 is 18.7 Å². The van der Waals surface area contributed by atoms with Crippen molar-refractivity contribution >= 4 is 11.6 Å². The van der Waals surface area contributed by atoms with Crippen LogP contribution in [0.5, 0.6) is 5.75 Å². The first kappa shape index (κ1) is 16.0. The highest BCUT2D eigenvalue weighted by molar-refractivity contribution is 5.81. The molecule has 7 heteroatoms. The fourth-order valence-corrected chi connectivity index (χ4v) is 2.96. The molecule has 0 spiro atoms. The Morgan fingerprint density at radius 3 is 2.74 bits per heavy atom. The monoisotopic (exact) mass is 323 g/mol. The van der Waals surface area contributed by atoms with Crippen LogP contribution in [0.3, 0.4) is 0 Å². The van der Waals surface area contributed by atoms with Crippen LogP contribution in [0.4, 0.5) is 10.1 Å². The standard InChI is InChI=1S/C16H22FN3O3/c1-22-14-3-2-12(10-13(14)17)19-5-7-20(8-6-19)16(21)15-11-18-4-9-23-15/h2-3,10,15,18H,4-9,11H2,1H3. The summed E-state index contributed by atoms with van der Waals surface area (Å²) in [5.74, 6) is -0.0903. The first-order valence-corrected chi connectivity index (χ1v) is 7.88. The molecule has 0 aromatic heterocycles. The minimum atomic E-state index is -0.381. The number of ether oxygens (including phenoxy) is 2. The lowest BCUT2D eigenvalue weighted by Crippen LogP contribution is -2.55. The zero-order chi connectivity index (χ0) is 16.2. The molecular formula is C16H22FN3O3. The smallest absolute Gasteiger partial charge is 0.253 e. The quantitative estimate of drug-likeness (QED) is 0.876. The second kappa shape index (κ2) is 7.14. The number of rotatable bonds is 3. The lowest BCUT2D eigenvalue weighted by atomic mass is 10.2. The van der Waals surface area contributed by atoms with Crippen molar-refractivity contribution in [3.63, 3.8) is 0 Å². The number of piperazine rings is 1. The van der Waals surface area contributed by atoms with Gasteiger partial charge in [0, 0.05) is 51.0 Å². The molecule has 3 rings (SSSR count). The average molecular weight is 323 g/mol. The van der Waals surface area contributed by atoms with Crippen molar-refractivity contribution in [2.24, 2.45) is 0 Å². The molecule has 0 bridgehead atoms. The van der Waals surface area contributed by atoms with Gasteiger partial charge in [-0.1, -0.05) is 0 Å². The van der Waals surface area contributed by atoms with E-state index < -0.39 is 0 Å². The molecule has 126 valence electrons. The summed E-state index contributed by atoms with van der Waals surface area (Å²) in [4.78, 5) is 16.3. The molecule has 0 saturated carbocycles. The zero-order valence-corrected chi connectivity index (χ0v) is 13.3. The number of nitrogens with zero attached hydrogens (tertiary/aromatic N) is 2. The molecular weight excluding hydrogens is 301 g/mol. The molecule has 2 saturated heterocycles. The van der Waals surface area contributed by atoms with E-state index in [1.807, 2.05) is 11.0 Å². The third-order valence-corrected chi connectivity index (χ3v) is 4.29. The van der Waals surface area contributed by atoms with E-state index in [9.17, 15) is 9.18 Å². The Morgan fingerprint density at radius 2 is 2.13 bits per heavy atom. The van der Waals surface area contributed by atoms with Gasteiger partial charge in [-0.15, -0.1) is 0 Å². The highest BCUT2D eigenvalue weighted by atomic mass is 19.1. The Morgan fingerprint density at radius 1 is 1.35 bits per heavy atom. The van der Waals surface area contributed by atoms with Gasteiger partial charge in [0.1, 0.15) is 6.10 Å². The van der Waals surface area contributed by atoms with Crippen LogP contribution in [0.25, 0.3) is 0 Å². The molecule has 1 unspecified atom stereocenters. The molecule has 1 atom stereocenters. The molecule has 0 radical (unpaired) electrons. The third-order valence-electron chi connectivity index (χ3n) is 4.29. The van der Waals surface area contributed by atoms with Gasteiger partial charge in [-0.25, -0.2) is 4.39 Å². The Kier molecular flexibility index (Phi) is 4.97. The van der Waals surface area contributed by atoms with Gasteiger partial charge in [0.15, 0.2) is 11.6 Å². The molecule has 1 aromatic rings. The summed E-state index contributed by atoms with van der Waals surface area (Å²) in [5, 5.41) is 3.17. The van der Waals surface area contributed by atoms with Crippen molar-refractivity contribution in [1.29, 1.82) is 0 Å². The van der Waals surface area contributed by atoms with Gasteiger partial charge in [-0.2, -0.15) is 0 Å². The van der Waals surface area contributed by atoms with Crippen LogP contribution in [0, 0.1) is 5.82 Å². The van der Waals surface area contributed by atoms with E-state index in [-0.39, 0.29) is 23.6 Å². The van der Waals surface area contributed by atoms with Gasteiger partial charge in [0.25, 0.3) is 5.91 Å². The van der Waals surface area contributed by atoms with Crippen LogP contribution in [-0.2, 0) is 9.53 Å². The third kappa shape index (κ3) is 3.56. The van der Waals surface area contributed by atoms with Crippen LogP contribution in [0.1, 0.15) is 0 Å². The van der Waals surface area contributed by atoms with Gasteiger partial charge in [-0.05, 0) is 12.1 Å². The number of anilines is 1. The molecule has 1 N–H and O–H groups in total. The highest BCUT2D eigenvalue weighted by Gasteiger charge is 2.29. The van der Waals surface area contributed by atoms with Crippen LogP contribution in [0.2, 0.25) is 0 Å². The Labute approximate surface area is 135 Å². The second-order valence-electron chi connectivity index (χ2n) is 5.69. The topological polar surface area (TPSA) is 54.0 Å². The van der Waals surface area contributed by atoms with Gasteiger partial charge >= 0.3 is 0 Å². The summed E-state index contributed by atoms with van der Waals surface area (Å²) in [6.45, 7) is 4.53. The maximum absolute atomic E-state index is 13.8. The minimum Gasteiger partial charge on any atom is -0.494 e. The van der Waals surface area contributed by atoms with Gasteiger partial charge in [0.05, 0.1) is 13.7 Å². The summed E-state index contributed by atoms with van der Waals surface area (Å²) >= 11 is 0. The van der Waals surface area contributed by atoms with E-state index in [2.05, 4.69) is 10.2 Å². The van der Waals surface area contributed by atoms with Crippen LogP contribution < -0.4 is 15.0 Å². The number of halogens is 1. The second-order valence-corrected chi connectivity index (χ2v) is 5.69. The Bertz CT molecular complexity index is 556. The predicted molar refractivity (Wildman–Crippen MR) is 84.4 cm³/mol. The fourth-order valence-electron chi connectivity index (χ4n) is 2.96. The normalized spacial score (nSPS) is 22.1. The van der Waals surface area contributed by atoms with E-state index in [1.165, 1.54) is 13.2 Å². The fraction of sp³-hybridized carbons (Fsp3) is 0.562. The Balaban J connectivity index is 1.57. The number of nitrogens with one attached hydrogen (secondary N) is 1. The molecule has 6 nitrogen and oxygen atoms in total. The number of hydrogen-bond acceptors (Lipinski definition) is 5. The summed E-state index contributed by atoms with van der Waals surface area (Å²) in [5.41, 5.74) is 0.811. The summed E-state index contributed by atoms with van der Waals surface area (Å²) < 4.78 is 24.3. The Hall–Kier alpha value is -1.86. The molecule has 1 aromatic carbocycles. The number of amides is 1. The molecule has 2 heterocycles. The lowest BCUT2D eigenvalue weighted by Gasteiger charge is -2.38. The SMILES string of the molecule is COc1ccc(N2CCN(C(=O)C3CNCCO3)CC2)cc1F. The van der Waals surface area contributed by atoms with Gasteiger partial charge in [0.2, 0.25) is 0 Å². The van der Waals surface area contributed by atoms with Crippen molar-refractivity contribution in [2.45, 2.75) is 6.10 Å². The van der Waals surface area contributed by atoms with E-state index in [0.717, 1.165) is 12.2 Å². The summed E-state index contributed by atoms with van der Waals surface area (Å²) in [6, 6.07) is 4.95.